The first-order valence-corrected chi connectivity index (χ1v) is 6.76. The zero-order valence-electron chi connectivity index (χ0n) is 13.7. The van der Waals surface area contributed by atoms with Crippen molar-refractivity contribution in [3.8, 4) is 0 Å². The third-order valence-corrected chi connectivity index (χ3v) is 3.04. The Labute approximate surface area is 129 Å². The average Bonchev–Trinajstić information content (AvgIpc) is 2.77. The van der Waals surface area contributed by atoms with Gasteiger partial charge in [0.1, 0.15) is 16.8 Å². The van der Waals surface area contributed by atoms with E-state index in [4.69, 9.17) is 4.74 Å². The van der Waals surface area contributed by atoms with Crippen LogP contribution in [0.5, 0.6) is 0 Å². The Bertz CT molecular complexity index is 585. The molecule has 7 heteroatoms. The molecule has 1 aromatic heterocycles. The number of nitrogens with zero attached hydrogens (tertiary/aromatic N) is 1. The molecule has 1 aromatic rings. The smallest absolute Gasteiger partial charge is 0.408 e. The molecule has 0 saturated heterocycles. The van der Waals surface area contributed by atoms with E-state index in [-0.39, 0.29) is 5.69 Å². The maximum absolute atomic E-state index is 11.9. The minimum Gasteiger partial charge on any atom is -0.464 e. The van der Waals surface area contributed by atoms with Crippen LogP contribution in [0.15, 0.2) is 12.1 Å². The SMILES string of the molecule is COC(=O)c1ccc(C(C)(C=O)NC(=O)OC(C)(C)C)n1C. The number of esters is 1. The number of ether oxygens (including phenoxy) is 2. The highest BCUT2D eigenvalue weighted by Crippen LogP contribution is 2.22. The molecule has 7 nitrogen and oxygen atoms in total. The van der Waals surface area contributed by atoms with Gasteiger partial charge in [0.2, 0.25) is 0 Å². The molecular weight excluding hydrogens is 288 g/mol. The minimum absolute atomic E-state index is 0.275. The lowest BCUT2D eigenvalue weighted by atomic mass is 10.0. The molecular formula is C15H22N2O5. The molecule has 1 rings (SSSR count). The van der Waals surface area contributed by atoms with Crippen molar-refractivity contribution in [3.63, 3.8) is 0 Å². The van der Waals surface area contributed by atoms with E-state index in [1.54, 1.807) is 33.9 Å². The lowest BCUT2D eigenvalue weighted by molar-refractivity contribution is -0.113. The fourth-order valence-electron chi connectivity index (χ4n) is 2.01. The maximum atomic E-state index is 11.9. The van der Waals surface area contributed by atoms with Crippen LogP contribution in [0.1, 0.15) is 43.9 Å². The van der Waals surface area contributed by atoms with Crippen molar-refractivity contribution in [2.75, 3.05) is 7.11 Å². The predicted octanol–water partition coefficient (Wildman–Crippen LogP) is 1.75. The monoisotopic (exact) mass is 310 g/mol. The van der Waals surface area contributed by atoms with Crippen molar-refractivity contribution in [2.45, 2.75) is 38.8 Å². The Balaban J connectivity index is 3.09. The second-order valence-electron chi connectivity index (χ2n) is 6.10. The summed E-state index contributed by atoms with van der Waals surface area (Å²) >= 11 is 0. The van der Waals surface area contributed by atoms with E-state index in [0.717, 1.165) is 0 Å². The van der Waals surface area contributed by atoms with Crippen molar-refractivity contribution < 1.29 is 23.9 Å². The largest absolute Gasteiger partial charge is 0.464 e. The van der Waals surface area contributed by atoms with Crippen LogP contribution in [0.25, 0.3) is 0 Å². The van der Waals surface area contributed by atoms with E-state index in [2.05, 4.69) is 10.1 Å². The number of carbonyl (C=O) groups is 3. The molecule has 0 spiro atoms. The van der Waals surface area contributed by atoms with Crippen LogP contribution < -0.4 is 5.32 Å². The van der Waals surface area contributed by atoms with Crippen LogP contribution in [0.4, 0.5) is 4.79 Å². The average molecular weight is 310 g/mol. The standard InChI is InChI=1S/C15H22N2O5/c1-14(2,3)22-13(20)16-15(4,9-18)11-8-7-10(17(11)5)12(19)21-6/h7-9H,1-6H3,(H,16,20). The van der Waals surface area contributed by atoms with Gasteiger partial charge in [-0.1, -0.05) is 0 Å². The highest BCUT2D eigenvalue weighted by Gasteiger charge is 2.34. The summed E-state index contributed by atoms with van der Waals surface area (Å²) < 4.78 is 11.3. The van der Waals surface area contributed by atoms with Gasteiger partial charge in [-0.3, -0.25) is 0 Å². The predicted molar refractivity (Wildman–Crippen MR) is 79.5 cm³/mol. The minimum atomic E-state index is -1.33. The van der Waals surface area contributed by atoms with Gasteiger partial charge in [0.15, 0.2) is 6.29 Å². The third-order valence-electron chi connectivity index (χ3n) is 3.04. The molecule has 1 heterocycles. The van der Waals surface area contributed by atoms with Crippen LogP contribution in [0.2, 0.25) is 0 Å². The molecule has 1 N–H and O–H groups in total. The van der Waals surface area contributed by atoms with Crippen LogP contribution >= 0.6 is 0 Å². The van der Waals surface area contributed by atoms with Gasteiger partial charge in [-0.05, 0) is 39.8 Å². The first kappa shape index (κ1) is 17.7. The molecule has 1 unspecified atom stereocenters. The lowest BCUT2D eigenvalue weighted by Gasteiger charge is -2.28. The van der Waals surface area contributed by atoms with E-state index in [1.807, 2.05) is 0 Å². The number of rotatable bonds is 4. The maximum Gasteiger partial charge on any atom is 0.408 e. The van der Waals surface area contributed by atoms with E-state index in [0.29, 0.717) is 12.0 Å². The summed E-state index contributed by atoms with van der Waals surface area (Å²) in [5.74, 6) is -0.528. The van der Waals surface area contributed by atoms with Gasteiger partial charge < -0.3 is 24.2 Å². The Morgan fingerprint density at radius 1 is 1.23 bits per heavy atom. The van der Waals surface area contributed by atoms with Crippen LogP contribution in [0.3, 0.4) is 0 Å². The molecule has 0 saturated carbocycles. The van der Waals surface area contributed by atoms with E-state index in [1.165, 1.54) is 24.7 Å². The lowest BCUT2D eigenvalue weighted by Crippen LogP contribution is -2.48. The number of aldehydes is 1. The van der Waals surface area contributed by atoms with Gasteiger partial charge in [0.05, 0.1) is 12.8 Å². The summed E-state index contributed by atoms with van der Waals surface area (Å²) in [4.78, 5) is 35.1. The molecule has 1 atom stereocenters. The number of amides is 1. The molecule has 0 aromatic carbocycles. The topological polar surface area (TPSA) is 86.6 Å². The van der Waals surface area contributed by atoms with Gasteiger partial charge in [-0.2, -0.15) is 0 Å². The number of methoxy groups -OCH3 is 1. The van der Waals surface area contributed by atoms with Crippen molar-refractivity contribution in [2.24, 2.45) is 7.05 Å². The molecule has 22 heavy (non-hydrogen) atoms. The van der Waals surface area contributed by atoms with Gasteiger partial charge in [0.25, 0.3) is 0 Å². The number of hydrogen-bond acceptors (Lipinski definition) is 5. The van der Waals surface area contributed by atoms with Gasteiger partial charge in [-0.15, -0.1) is 0 Å². The zero-order chi connectivity index (χ0) is 17.1. The zero-order valence-corrected chi connectivity index (χ0v) is 13.7. The fraction of sp³-hybridized carbons (Fsp3) is 0.533. The molecule has 0 aliphatic carbocycles. The van der Waals surface area contributed by atoms with Gasteiger partial charge in [-0.25, -0.2) is 9.59 Å². The summed E-state index contributed by atoms with van der Waals surface area (Å²) in [6.45, 7) is 6.70. The van der Waals surface area contributed by atoms with Crippen LogP contribution in [0, 0.1) is 0 Å². The summed E-state index contributed by atoms with van der Waals surface area (Å²) in [5.41, 5.74) is -1.30. The van der Waals surface area contributed by atoms with Crippen molar-refractivity contribution in [1.29, 1.82) is 0 Å². The molecule has 0 aliphatic rings. The molecule has 0 bridgehead atoms. The molecule has 0 radical (unpaired) electrons. The van der Waals surface area contributed by atoms with Gasteiger partial charge >= 0.3 is 12.1 Å². The fourth-order valence-corrected chi connectivity index (χ4v) is 2.01. The number of nitrogens with one attached hydrogen (secondary N) is 1. The van der Waals surface area contributed by atoms with E-state index < -0.39 is 23.2 Å². The first-order chi connectivity index (χ1) is 10.0. The van der Waals surface area contributed by atoms with Crippen molar-refractivity contribution in [3.05, 3.63) is 23.5 Å². The summed E-state index contributed by atoms with van der Waals surface area (Å²) in [5, 5.41) is 2.52. The number of alkyl carbamates (subject to hydrolysis) is 1. The van der Waals surface area contributed by atoms with E-state index >= 15 is 0 Å². The van der Waals surface area contributed by atoms with Crippen LogP contribution in [-0.2, 0) is 26.9 Å². The molecule has 0 aliphatic heterocycles. The third kappa shape index (κ3) is 3.87. The van der Waals surface area contributed by atoms with E-state index in [9.17, 15) is 14.4 Å². The number of hydrogen-bond donors (Lipinski definition) is 1. The highest BCUT2D eigenvalue weighted by atomic mass is 16.6. The summed E-state index contributed by atoms with van der Waals surface area (Å²) in [6.07, 6.45) is -0.129. The molecule has 122 valence electrons. The molecule has 0 fully saturated rings. The van der Waals surface area contributed by atoms with Crippen LogP contribution in [-0.4, -0.2) is 35.6 Å². The normalized spacial score (nSPS) is 13.9. The van der Waals surface area contributed by atoms with Crippen molar-refractivity contribution in [1.82, 2.24) is 9.88 Å². The molecule has 1 amide bonds. The Hall–Kier alpha value is -2.31. The quantitative estimate of drug-likeness (QED) is 0.676. The second kappa shape index (κ2) is 6.21. The first-order valence-electron chi connectivity index (χ1n) is 6.76. The van der Waals surface area contributed by atoms with Crippen molar-refractivity contribution >= 4 is 18.3 Å². The Kier molecular flexibility index (Phi) is 5.01. The number of aromatic nitrogens is 1. The summed E-state index contributed by atoms with van der Waals surface area (Å²) in [6, 6.07) is 3.11. The highest BCUT2D eigenvalue weighted by molar-refractivity contribution is 5.88. The Morgan fingerprint density at radius 3 is 2.27 bits per heavy atom. The number of carbonyl (C=O) groups excluding carboxylic acids is 3. The summed E-state index contributed by atoms with van der Waals surface area (Å²) in [7, 11) is 2.88. The Morgan fingerprint density at radius 2 is 1.82 bits per heavy atom. The second-order valence-corrected chi connectivity index (χ2v) is 6.10. The van der Waals surface area contributed by atoms with Gasteiger partial charge in [0, 0.05) is 7.05 Å².